The van der Waals surface area contributed by atoms with Crippen molar-refractivity contribution in [2.75, 3.05) is 0 Å². The van der Waals surface area contributed by atoms with Gasteiger partial charge in [0.25, 0.3) is 0 Å². The van der Waals surface area contributed by atoms with Crippen LogP contribution in [-0.2, 0) is 10.7 Å². The third kappa shape index (κ3) is 7.72. The van der Waals surface area contributed by atoms with E-state index in [1.807, 2.05) is 0 Å². The van der Waals surface area contributed by atoms with Crippen LogP contribution in [0.5, 0.6) is 0 Å². The number of halogens is 1. The molecule has 1 aromatic carbocycles. The van der Waals surface area contributed by atoms with E-state index in [1.54, 1.807) is 0 Å². The number of hydrogen-bond donors (Lipinski definition) is 0. The number of benzene rings is 1. The number of alkyl halides is 1. The van der Waals surface area contributed by atoms with Gasteiger partial charge in [0, 0.05) is 0 Å². The molecule has 0 radical (unpaired) electrons. The summed E-state index contributed by atoms with van der Waals surface area (Å²) in [6, 6.07) is 8.98. The fourth-order valence-corrected chi connectivity index (χ4v) is 4.33. The summed E-state index contributed by atoms with van der Waals surface area (Å²) in [6.07, 6.45) is 17.7. The molecule has 138 valence electrons. The van der Waals surface area contributed by atoms with Crippen LogP contribution in [0.15, 0.2) is 24.3 Å². The van der Waals surface area contributed by atoms with Gasteiger partial charge in [0.1, 0.15) is 0 Å². The van der Waals surface area contributed by atoms with Gasteiger partial charge < -0.3 is 0 Å². The molecule has 0 saturated heterocycles. The molecule has 1 heteroatoms. The normalized spacial score (nSPS) is 13.8. The Balaban J connectivity index is 2.26. The Morgan fingerprint density at radius 2 is 1.29 bits per heavy atom. The molecule has 0 aromatic heterocycles. The molecule has 1 atom stereocenters. The van der Waals surface area contributed by atoms with Crippen LogP contribution < -0.4 is 0 Å². The van der Waals surface area contributed by atoms with E-state index >= 15 is 0 Å². The van der Waals surface area contributed by atoms with Crippen LogP contribution >= 0.6 is 15.9 Å². The summed E-state index contributed by atoms with van der Waals surface area (Å²) in [4.78, 5) is 0. The fourth-order valence-electron chi connectivity index (χ4n) is 3.66. The van der Waals surface area contributed by atoms with E-state index in [4.69, 9.17) is 0 Å². The Labute approximate surface area is 160 Å². The fraction of sp³-hybridized carbons (Fsp3) is 0.739. The van der Waals surface area contributed by atoms with E-state index in [2.05, 4.69) is 61.0 Å². The van der Waals surface area contributed by atoms with Gasteiger partial charge in [0.05, 0.1) is 4.32 Å². The minimum absolute atomic E-state index is 0.180. The predicted molar refractivity (Wildman–Crippen MR) is 113 cm³/mol. The summed E-state index contributed by atoms with van der Waals surface area (Å²) in [5.41, 5.74) is 3.02. The van der Waals surface area contributed by atoms with Gasteiger partial charge in [0.2, 0.25) is 0 Å². The van der Waals surface area contributed by atoms with Crippen LogP contribution in [0.1, 0.15) is 109 Å². The van der Waals surface area contributed by atoms with Crippen LogP contribution in [0, 0.1) is 0 Å². The molecule has 0 heterocycles. The molecule has 0 aliphatic heterocycles. The van der Waals surface area contributed by atoms with Gasteiger partial charge in [-0.1, -0.05) is 125 Å². The van der Waals surface area contributed by atoms with E-state index in [0.29, 0.717) is 0 Å². The first-order valence-electron chi connectivity index (χ1n) is 10.4. The molecule has 1 unspecified atom stereocenters. The van der Waals surface area contributed by atoms with Gasteiger partial charge in [-0.05, 0) is 30.4 Å². The molecule has 1 aromatic rings. The highest BCUT2D eigenvalue weighted by Crippen LogP contribution is 2.41. The van der Waals surface area contributed by atoms with Crippen LogP contribution in [0.3, 0.4) is 0 Å². The second kappa shape index (κ2) is 13.0. The zero-order valence-corrected chi connectivity index (χ0v) is 18.0. The molecule has 0 spiro atoms. The lowest BCUT2D eigenvalue weighted by atomic mass is 9.86. The third-order valence-electron chi connectivity index (χ3n) is 5.37. The van der Waals surface area contributed by atoms with Crippen LogP contribution in [0.4, 0.5) is 0 Å². The van der Waals surface area contributed by atoms with Crippen molar-refractivity contribution >= 4 is 15.9 Å². The van der Waals surface area contributed by atoms with Gasteiger partial charge in [-0.25, -0.2) is 0 Å². The standard InChI is InChI=1S/C23H39Br/c1-4-7-8-9-10-11-12-13-14-17-20-23(24,6-3)22-19-16-15-18-21(22)5-2/h15-16,18-19H,4-14,17,20H2,1-3H3. The molecule has 0 nitrogen and oxygen atoms in total. The Bertz CT molecular complexity index is 426. The van der Waals surface area contributed by atoms with Crippen molar-refractivity contribution in [1.82, 2.24) is 0 Å². The lowest BCUT2D eigenvalue weighted by molar-refractivity contribution is 0.495. The smallest absolute Gasteiger partial charge is 0.0506 e. The van der Waals surface area contributed by atoms with Crippen molar-refractivity contribution in [1.29, 1.82) is 0 Å². The first kappa shape index (κ1) is 21.7. The monoisotopic (exact) mass is 394 g/mol. The lowest BCUT2D eigenvalue weighted by Crippen LogP contribution is -2.19. The van der Waals surface area contributed by atoms with Crippen molar-refractivity contribution in [3.63, 3.8) is 0 Å². The summed E-state index contributed by atoms with van der Waals surface area (Å²) in [6.45, 7) is 6.87. The summed E-state index contributed by atoms with van der Waals surface area (Å²) >= 11 is 4.10. The second-order valence-electron chi connectivity index (χ2n) is 7.26. The summed E-state index contributed by atoms with van der Waals surface area (Å²) in [5, 5.41) is 0. The SMILES string of the molecule is CCCCCCCCCCCCC(Br)(CC)c1ccccc1CC. The summed E-state index contributed by atoms with van der Waals surface area (Å²) in [5.74, 6) is 0. The Morgan fingerprint density at radius 1 is 0.750 bits per heavy atom. The minimum atomic E-state index is 0.180. The maximum Gasteiger partial charge on any atom is 0.0506 e. The zero-order valence-electron chi connectivity index (χ0n) is 16.4. The Morgan fingerprint density at radius 3 is 1.83 bits per heavy atom. The van der Waals surface area contributed by atoms with E-state index in [9.17, 15) is 0 Å². The van der Waals surface area contributed by atoms with Gasteiger partial charge in [0.15, 0.2) is 0 Å². The van der Waals surface area contributed by atoms with Gasteiger partial charge in [-0.3, -0.25) is 0 Å². The quantitative estimate of drug-likeness (QED) is 0.219. The molecule has 0 N–H and O–H groups in total. The molecule has 0 fully saturated rings. The molecule has 24 heavy (non-hydrogen) atoms. The molecule has 0 saturated carbocycles. The van der Waals surface area contributed by atoms with Gasteiger partial charge >= 0.3 is 0 Å². The van der Waals surface area contributed by atoms with Gasteiger partial charge in [-0.15, -0.1) is 0 Å². The van der Waals surface area contributed by atoms with Crippen molar-refractivity contribution < 1.29 is 0 Å². The van der Waals surface area contributed by atoms with Crippen molar-refractivity contribution in [3.8, 4) is 0 Å². The zero-order chi connectivity index (χ0) is 17.7. The van der Waals surface area contributed by atoms with Crippen LogP contribution in [0.25, 0.3) is 0 Å². The maximum absolute atomic E-state index is 4.10. The minimum Gasteiger partial charge on any atom is -0.0801 e. The van der Waals surface area contributed by atoms with E-state index in [1.165, 1.54) is 88.2 Å². The molecule has 0 amide bonds. The summed E-state index contributed by atoms with van der Waals surface area (Å²) < 4.78 is 0.180. The first-order chi connectivity index (χ1) is 11.7. The molecule has 0 aliphatic rings. The van der Waals surface area contributed by atoms with Crippen LogP contribution in [-0.4, -0.2) is 0 Å². The number of hydrogen-bond acceptors (Lipinski definition) is 0. The average molecular weight is 395 g/mol. The van der Waals surface area contributed by atoms with Crippen LogP contribution in [0.2, 0.25) is 0 Å². The van der Waals surface area contributed by atoms with Crippen molar-refractivity contribution in [2.24, 2.45) is 0 Å². The lowest BCUT2D eigenvalue weighted by Gasteiger charge is -2.29. The number of unbranched alkanes of at least 4 members (excludes halogenated alkanes) is 9. The maximum atomic E-state index is 4.10. The molecule has 0 aliphatic carbocycles. The highest BCUT2D eigenvalue weighted by Gasteiger charge is 2.27. The van der Waals surface area contributed by atoms with Crippen molar-refractivity contribution in [3.05, 3.63) is 35.4 Å². The third-order valence-corrected chi connectivity index (χ3v) is 6.75. The molecule has 0 bridgehead atoms. The average Bonchev–Trinajstić information content (AvgIpc) is 2.63. The number of rotatable bonds is 14. The van der Waals surface area contributed by atoms with E-state index in [0.717, 1.165) is 6.42 Å². The molecular weight excluding hydrogens is 356 g/mol. The number of aryl methyl sites for hydroxylation is 1. The van der Waals surface area contributed by atoms with Crippen molar-refractivity contribution in [2.45, 2.75) is 109 Å². The second-order valence-corrected chi connectivity index (χ2v) is 8.78. The molecule has 1 rings (SSSR count). The Hall–Kier alpha value is -0.300. The highest BCUT2D eigenvalue weighted by molar-refractivity contribution is 9.09. The van der Waals surface area contributed by atoms with E-state index in [-0.39, 0.29) is 4.32 Å². The van der Waals surface area contributed by atoms with Gasteiger partial charge in [-0.2, -0.15) is 0 Å². The predicted octanol–water partition coefficient (Wildman–Crippen LogP) is 8.56. The largest absolute Gasteiger partial charge is 0.0801 e. The highest BCUT2D eigenvalue weighted by atomic mass is 79.9. The van der Waals surface area contributed by atoms with E-state index < -0.39 is 0 Å². The first-order valence-corrected chi connectivity index (χ1v) is 11.2. The molecular formula is C23H39Br. The topological polar surface area (TPSA) is 0 Å². The Kier molecular flexibility index (Phi) is 11.8. The summed E-state index contributed by atoms with van der Waals surface area (Å²) in [7, 11) is 0.